The van der Waals surface area contributed by atoms with Gasteiger partial charge in [0.1, 0.15) is 11.6 Å². The van der Waals surface area contributed by atoms with E-state index >= 15 is 0 Å². The highest BCUT2D eigenvalue weighted by molar-refractivity contribution is 5.93. The van der Waals surface area contributed by atoms with Gasteiger partial charge in [0, 0.05) is 28.6 Å². The van der Waals surface area contributed by atoms with Crippen LogP contribution in [0, 0.1) is 19.7 Å². The number of benzene rings is 2. The number of halogens is 1. The van der Waals surface area contributed by atoms with Gasteiger partial charge in [-0.3, -0.25) is 4.79 Å². The Morgan fingerprint density at radius 3 is 2.39 bits per heavy atom. The summed E-state index contributed by atoms with van der Waals surface area (Å²) in [6, 6.07) is 15.1. The Morgan fingerprint density at radius 2 is 1.75 bits per heavy atom. The van der Waals surface area contributed by atoms with Gasteiger partial charge in [0.2, 0.25) is 5.91 Å². The summed E-state index contributed by atoms with van der Waals surface area (Å²) in [7, 11) is 0. The topological polar surface area (TPSA) is 85.3 Å². The number of aromatic nitrogens is 3. The number of nitrogens with zero attached hydrogens (tertiary/aromatic N) is 3. The lowest BCUT2D eigenvalue weighted by molar-refractivity contribution is 0.100. The SMILES string of the molecule is Cc1cc(Nc2ccc(C(N)=O)cc2)n2nc(C)c(-c3ccc(F)cc3)c2n1. The second-order valence-electron chi connectivity index (χ2n) is 6.55. The number of fused-ring (bicyclic) bond motifs is 1. The van der Waals surface area contributed by atoms with E-state index in [-0.39, 0.29) is 5.82 Å². The van der Waals surface area contributed by atoms with E-state index in [4.69, 9.17) is 5.73 Å². The third-order valence-electron chi connectivity index (χ3n) is 4.47. The maximum absolute atomic E-state index is 13.3. The van der Waals surface area contributed by atoms with Crippen molar-refractivity contribution in [1.29, 1.82) is 0 Å². The van der Waals surface area contributed by atoms with Crippen LogP contribution < -0.4 is 11.1 Å². The predicted octanol–water partition coefficient (Wildman–Crippen LogP) is 3.99. The van der Waals surface area contributed by atoms with Crippen LogP contribution in [0.2, 0.25) is 0 Å². The average Bonchev–Trinajstić information content (AvgIpc) is 2.99. The van der Waals surface area contributed by atoms with E-state index in [9.17, 15) is 9.18 Å². The molecule has 6 nitrogen and oxygen atoms in total. The normalized spacial score (nSPS) is 11.0. The summed E-state index contributed by atoms with van der Waals surface area (Å²) in [5.41, 5.74) is 10.5. The Labute approximate surface area is 160 Å². The van der Waals surface area contributed by atoms with E-state index in [1.54, 1.807) is 40.9 Å². The zero-order chi connectivity index (χ0) is 19.8. The van der Waals surface area contributed by atoms with Gasteiger partial charge >= 0.3 is 0 Å². The quantitative estimate of drug-likeness (QED) is 0.565. The summed E-state index contributed by atoms with van der Waals surface area (Å²) in [5, 5.41) is 7.92. The smallest absolute Gasteiger partial charge is 0.248 e. The lowest BCUT2D eigenvalue weighted by Gasteiger charge is -2.10. The van der Waals surface area contributed by atoms with Crippen LogP contribution in [-0.2, 0) is 0 Å². The number of nitrogens with one attached hydrogen (secondary N) is 1. The Hall–Kier alpha value is -3.74. The summed E-state index contributed by atoms with van der Waals surface area (Å²) in [6.45, 7) is 3.80. The first kappa shape index (κ1) is 17.7. The molecule has 0 aliphatic heterocycles. The number of primary amides is 1. The van der Waals surface area contributed by atoms with Gasteiger partial charge in [-0.25, -0.2) is 9.37 Å². The summed E-state index contributed by atoms with van der Waals surface area (Å²) >= 11 is 0. The van der Waals surface area contributed by atoms with Crippen molar-refractivity contribution < 1.29 is 9.18 Å². The molecule has 2 heterocycles. The van der Waals surface area contributed by atoms with Crippen molar-refractivity contribution in [2.45, 2.75) is 13.8 Å². The van der Waals surface area contributed by atoms with Crippen molar-refractivity contribution in [3.05, 3.63) is 77.4 Å². The number of rotatable bonds is 4. The Bertz CT molecular complexity index is 1180. The molecular formula is C21H18FN5O. The molecule has 7 heteroatoms. The minimum absolute atomic E-state index is 0.288. The molecule has 0 unspecified atom stereocenters. The maximum Gasteiger partial charge on any atom is 0.248 e. The standard InChI is InChI=1S/C21H18FN5O/c1-12-11-18(25-17-9-5-15(6-10-17)20(23)28)27-21(24-12)19(13(2)26-27)14-3-7-16(22)8-4-14/h3-11,25H,1-2H3,(H2,23,28). The molecule has 2 aromatic carbocycles. The van der Waals surface area contributed by atoms with Crippen molar-refractivity contribution >= 4 is 23.1 Å². The minimum atomic E-state index is -0.472. The second-order valence-corrected chi connectivity index (χ2v) is 6.55. The lowest BCUT2D eigenvalue weighted by Crippen LogP contribution is -2.10. The van der Waals surface area contributed by atoms with Gasteiger partial charge in [0.05, 0.1) is 5.69 Å². The Kier molecular flexibility index (Phi) is 4.27. The van der Waals surface area contributed by atoms with Crippen LogP contribution in [0.4, 0.5) is 15.9 Å². The van der Waals surface area contributed by atoms with Crippen LogP contribution in [0.5, 0.6) is 0 Å². The number of carbonyl (C=O) groups excluding carboxylic acids is 1. The van der Waals surface area contributed by atoms with Crippen LogP contribution >= 0.6 is 0 Å². The molecule has 140 valence electrons. The number of carbonyl (C=O) groups is 1. The molecule has 0 atom stereocenters. The Balaban J connectivity index is 1.80. The largest absolute Gasteiger partial charge is 0.366 e. The average molecular weight is 375 g/mol. The molecule has 4 aromatic rings. The van der Waals surface area contributed by atoms with Gasteiger partial charge in [0.25, 0.3) is 0 Å². The van der Waals surface area contributed by atoms with Crippen molar-refractivity contribution in [3.63, 3.8) is 0 Å². The van der Waals surface area contributed by atoms with Crippen molar-refractivity contribution in [2.24, 2.45) is 5.73 Å². The molecule has 4 rings (SSSR count). The van der Waals surface area contributed by atoms with E-state index in [2.05, 4.69) is 15.4 Å². The second kappa shape index (κ2) is 6.77. The fourth-order valence-electron chi connectivity index (χ4n) is 3.15. The molecule has 0 radical (unpaired) electrons. The van der Waals surface area contributed by atoms with Crippen LogP contribution in [-0.4, -0.2) is 20.5 Å². The summed E-state index contributed by atoms with van der Waals surface area (Å²) in [5.74, 6) is -0.0325. The molecule has 0 spiro atoms. The molecule has 2 aromatic heterocycles. The number of hydrogen-bond donors (Lipinski definition) is 2. The van der Waals surface area contributed by atoms with Gasteiger partial charge in [-0.1, -0.05) is 12.1 Å². The monoisotopic (exact) mass is 375 g/mol. The van der Waals surface area contributed by atoms with Crippen molar-refractivity contribution in [3.8, 4) is 11.1 Å². The fraction of sp³-hybridized carbons (Fsp3) is 0.0952. The molecule has 3 N–H and O–H groups in total. The third-order valence-corrected chi connectivity index (χ3v) is 4.47. The van der Waals surface area contributed by atoms with E-state index in [1.165, 1.54) is 12.1 Å². The first-order chi connectivity index (χ1) is 13.4. The van der Waals surface area contributed by atoms with Gasteiger partial charge in [0.15, 0.2) is 5.65 Å². The third kappa shape index (κ3) is 3.18. The fourth-order valence-corrected chi connectivity index (χ4v) is 3.15. The first-order valence-corrected chi connectivity index (χ1v) is 8.72. The van der Waals surface area contributed by atoms with Gasteiger partial charge in [-0.2, -0.15) is 9.61 Å². The van der Waals surface area contributed by atoms with E-state index in [0.29, 0.717) is 11.2 Å². The van der Waals surface area contributed by atoms with Crippen molar-refractivity contribution in [2.75, 3.05) is 5.32 Å². The number of hydrogen-bond acceptors (Lipinski definition) is 4. The molecule has 0 saturated heterocycles. The Morgan fingerprint density at radius 1 is 1.07 bits per heavy atom. The lowest BCUT2D eigenvalue weighted by atomic mass is 10.1. The summed E-state index contributed by atoms with van der Waals surface area (Å²) < 4.78 is 15.0. The van der Waals surface area contributed by atoms with Crippen LogP contribution in [0.15, 0.2) is 54.6 Å². The summed E-state index contributed by atoms with van der Waals surface area (Å²) in [6.07, 6.45) is 0. The molecular weight excluding hydrogens is 357 g/mol. The van der Waals surface area contributed by atoms with Gasteiger partial charge < -0.3 is 11.1 Å². The van der Waals surface area contributed by atoms with E-state index in [1.807, 2.05) is 19.9 Å². The number of anilines is 2. The van der Waals surface area contributed by atoms with Crippen LogP contribution in [0.1, 0.15) is 21.7 Å². The predicted molar refractivity (Wildman–Crippen MR) is 106 cm³/mol. The zero-order valence-electron chi connectivity index (χ0n) is 15.4. The summed E-state index contributed by atoms with van der Waals surface area (Å²) in [4.78, 5) is 15.9. The van der Waals surface area contributed by atoms with E-state index < -0.39 is 5.91 Å². The zero-order valence-corrected chi connectivity index (χ0v) is 15.4. The number of nitrogens with two attached hydrogens (primary N) is 1. The molecule has 0 bridgehead atoms. The molecule has 0 saturated carbocycles. The molecule has 0 fully saturated rings. The van der Waals surface area contributed by atoms with Crippen LogP contribution in [0.3, 0.4) is 0 Å². The van der Waals surface area contributed by atoms with Gasteiger partial charge in [-0.15, -0.1) is 0 Å². The molecule has 0 aliphatic carbocycles. The van der Waals surface area contributed by atoms with Crippen molar-refractivity contribution in [1.82, 2.24) is 14.6 Å². The number of amides is 1. The highest BCUT2D eigenvalue weighted by Crippen LogP contribution is 2.30. The van der Waals surface area contributed by atoms with Gasteiger partial charge in [-0.05, 0) is 55.8 Å². The molecule has 0 aliphatic rings. The minimum Gasteiger partial charge on any atom is -0.366 e. The molecule has 1 amide bonds. The van der Waals surface area contributed by atoms with Crippen LogP contribution in [0.25, 0.3) is 16.8 Å². The maximum atomic E-state index is 13.3. The molecule has 28 heavy (non-hydrogen) atoms. The highest BCUT2D eigenvalue weighted by atomic mass is 19.1. The first-order valence-electron chi connectivity index (χ1n) is 8.72. The number of aryl methyl sites for hydroxylation is 2. The highest BCUT2D eigenvalue weighted by Gasteiger charge is 2.16. The van der Waals surface area contributed by atoms with E-state index in [0.717, 1.165) is 34.0 Å².